The SMILES string of the molecule is CCOC(=O)CCc1ccc(N(Cc2ccc(OC(C)C)c(-c3c(C)cc(O)cc3C)c2)S(=O)(=O)c2ccccc2[N+](=O)[O-])cc1F. The van der Waals surface area contributed by atoms with E-state index in [0.717, 1.165) is 39.2 Å². The third-order valence-electron chi connectivity index (χ3n) is 7.38. The number of nitro groups is 1. The lowest BCUT2D eigenvalue weighted by Crippen LogP contribution is -2.31. The molecule has 0 amide bonds. The molecular formula is C35H37FN2O8S. The fourth-order valence-corrected chi connectivity index (χ4v) is 6.99. The van der Waals surface area contributed by atoms with Gasteiger partial charge in [0.15, 0.2) is 4.90 Å². The van der Waals surface area contributed by atoms with Crippen molar-refractivity contribution in [2.24, 2.45) is 0 Å². The zero-order chi connectivity index (χ0) is 34.5. The van der Waals surface area contributed by atoms with Gasteiger partial charge in [-0.15, -0.1) is 0 Å². The van der Waals surface area contributed by atoms with Gasteiger partial charge in [-0.2, -0.15) is 0 Å². The van der Waals surface area contributed by atoms with Crippen LogP contribution in [0.2, 0.25) is 0 Å². The molecule has 0 atom stereocenters. The Bertz CT molecular complexity index is 1890. The Morgan fingerprint density at radius 1 is 1.02 bits per heavy atom. The molecule has 0 aliphatic carbocycles. The number of hydrogen-bond donors (Lipinski definition) is 1. The number of nitro benzene ring substituents is 1. The number of aromatic hydroxyl groups is 1. The van der Waals surface area contributed by atoms with Crippen molar-refractivity contribution in [2.45, 2.75) is 65.0 Å². The van der Waals surface area contributed by atoms with Crippen LogP contribution in [0.3, 0.4) is 0 Å². The standard InChI is InChI=1S/C35H37FN2O8S/c1-6-45-34(40)16-13-26-12-14-27(20-30(26)36)37(47(43,44)33-10-8-7-9-31(33)38(41)42)21-25-11-15-32(46-22(2)3)29(19-25)35-23(4)17-28(39)18-24(35)5/h7-12,14-15,17-20,22,39H,6,13,16,21H2,1-5H3. The summed E-state index contributed by atoms with van der Waals surface area (Å²) < 4.78 is 55.9. The van der Waals surface area contributed by atoms with Crippen LogP contribution >= 0.6 is 0 Å². The highest BCUT2D eigenvalue weighted by Gasteiger charge is 2.32. The number of nitrogens with zero attached hydrogens (tertiary/aromatic N) is 2. The van der Waals surface area contributed by atoms with Crippen molar-refractivity contribution in [2.75, 3.05) is 10.9 Å². The van der Waals surface area contributed by atoms with Gasteiger partial charge in [-0.1, -0.05) is 24.3 Å². The molecule has 0 aliphatic rings. The largest absolute Gasteiger partial charge is 0.508 e. The zero-order valence-electron chi connectivity index (χ0n) is 26.8. The molecule has 12 heteroatoms. The molecule has 248 valence electrons. The third kappa shape index (κ3) is 8.07. The minimum Gasteiger partial charge on any atom is -0.508 e. The van der Waals surface area contributed by atoms with Crippen molar-refractivity contribution in [1.29, 1.82) is 0 Å². The summed E-state index contributed by atoms with van der Waals surface area (Å²) in [7, 11) is -4.63. The number of carbonyl (C=O) groups is 1. The lowest BCUT2D eigenvalue weighted by molar-refractivity contribution is -0.387. The Hall–Kier alpha value is -4.97. The molecule has 0 saturated carbocycles. The quantitative estimate of drug-likeness (QED) is 0.0887. The van der Waals surface area contributed by atoms with Crippen molar-refractivity contribution < 1.29 is 37.1 Å². The van der Waals surface area contributed by atoms with Crippen molar-refractivity contribution in [1.82, 2.24) is 0 Å². The summed E-state index contributed by atoms with van der Waals surface area (Å²) in [6.45, 7) is 8.97. The summed E-state index contributed by atoms with van der Waals surface area (Å²) in [5.74, 6) is -0.603. The Morgan fingerprint density at radius 3 is 2.32 bits per heavy atom. The number of para-hydroxylation sites is 1. The van der Waals surface area contributed by atoms with Crippen molar-refractivity contribution in [3.05, 3.63) is 111 Å². The predicted octanol–water partition coefficient (Wildman–Crippen LogP) is 7.40. The maximum absolute atomic E-state index is 15.4. The second-order valence-electron chi connectivity index (χ2n) is 11.3. The number of phenolic OH excluding ortho intramolecular Hbond substituents is 1. The first-order valence-electron chi connectivity index (χ1n) is 15.0. The highest BCUT2D eigenvalue weighted by atomic mass is 32.2. The number of anilines is 1. The Kier molecular flexibility index (Phi) is 10.9. The summed E-state index contributed by atoms with van der Waals surface area (Å²) in [6.07, 6.45) is -0.210. The van der Waals surface area contributed by atoms with Gasteiger partial charge in [0.05, 0.1) is 29.9 Å². The average molecular weight is 665 g/mol. The summed E-state index contributed by atoms with van der Waals surface area (Å²) in [5, 5.41) is 22.0. The number of hydrogen-bond acceptors (Lipinski definition) is 8. The maximum Gasteiger partial charge on any atom is 0.306 e. The van der Waals surface area contributed by atoms with E-state index < -0.39 is 37.3 Å². The lowest BCUT2D eigenvalue weighted by Gasteiger charge is -2.26. The second-order valence-corrected chi connectivity index (χ2v) is 13.1. The average Bonchev–Trinajstić information content (AvgIpc) is 2.99. The summed E-state index contributed by atoms with van der Waals surface area (Å²) in [4.78, 5) is 22.4. The van der Waals surface area contributed by atoms with E-state index in [0.29, 0.717) is 16.9 Å². The van der Waals surface area contributed by atoms with Crippen LogP contribution in [0.4, 0.5) is 15.8 Å². The smallest absolute Gasteiger partial charge is 0.306 e. The predicted molar refractivity (Wildman–Crippen MR) is 177 cm³/mol. The molecule has 1 N–H and O–H groups in total. The molecule has 0 bridgehead atoms. The molecule has 4 aromatic carbocycles. The van der Waals surface area contributed by atoms with Gasteiger partial charge in [0, 0.05) is 18.1 Å². The number of ether oxygens (including phenoxy) is 2. The first kappa shape index (κ1) is 34.9. The zero-order valence-corrected chi connectivity index (χ0v) is 27.6. The highest BCUT2D eigenvalue weighted by Crippen LogP contribution is 2.39. The molecular weight excluding hydrogens is 627 g/mol. The molecule has 0 unspecified atom stereocenters. The molecule has 0 fully saturated rings. The van der Waals surface area contributed by atoms with E-state index in [2.05, 4.69) is 0 Å². The second kappa shape index (κ2) is 14.6. The van der Waals surface area contributed by atoms with Crippen LogP contribution in [0.5, 0.6) is 11.5 Å². The molecule has 4 rings (SSSR count). The van der Waals surface area contributed by atoms with E-state index in [1.54, 1.807) is 37.3 Å². The van der Waals surface area contributed by atoms with E-state index in [1.807, 2.05) is 27.7 Å². The molecule has 47 heavy (non-hydrogen) atoms. The lowest BCUT2D eigenvalue weighted by atomic mass is 9.93. The van der Waals surface area contributed by atoms with Crippen LogP contribution in [0.15, 0.2) is 77.7 Å². The molecule has 0 aliphatic heterocycles. The number of halogens is 1. The molecule has 0 radical (unpaired) electrons. The van der Waals surface area contributed by atoms with Crippen LogP contribution in [0.1, 0.15) is 49.4 Å². The minimum absolute atomic E-state index is 0.0356. The van der Waals surface area contributed by atoms with Crippen LogP contribution in [-0.4, -0.2) is 37.1 Å². The number of carbonyl (C=O) groups excluding carboxylic acids is 1. The third-order valence-corrected chi connectivity index (χ3v) is 9.20. The number of esters is 1. The normalized spacial score (nSPS) is 11.4. The maximum atomic E-state index is 15.4. The van der Waals surface area contributed by atoms with Crippen LogP contribution in [-0.2, 0) is 32.5 Å². The van der Waals surface area contributed by atoms with Gasteiger partial charge in [-0.3, -0.25) is 19.2 Å². The highest BCUT2D eigenvalue weighted by molar-refractivity contribution is 7.93. The summed E-state index contributed by atoms with van der Waals surface area (Å²) in [6, 6.07) is 17.2. The topological polar surface area (TPSA) is 136 Å². The van der Waals surface area contributed by atoms with Gasteiger partial charge in [0.2, 0.25) is 0 Å². The van der Waals surface area contributed by atoms with Gasteiger partial charge < -0.3 is 14.6 Å². The fourth-order valence-electron chi connectivity index (χ4n) is 5.38. The molecule has 0 spiro atoms. The first-order chi connectivity index (χ1) is 22.2. The van der Waals surface area contributed by atoms with Crippen LogP contribution < -0.4 is 9.04 Å². The van der Waals surface area contributed by atoms with Crippen LogP contribution in [0, 0.1) is 29.8 Å². The van der Waals surface area contributed by atoms with Crippen LogP contribution in [0.25, 0.3) is 11.1 Å². The Labute approximate surface area is 273 Å². The van der Waals surface area contributed by atoms with Gasteiger partial charge in [-0.05, 0) is 111 Å². The molecule has 4 aromatic rings. The fraction of sp³-hybridized carbons (Fsp3) is 0.286. The molecule has 10 nitrogen and oxygen atoms in total. The van der Waals surface area contributed by atoms with Gasteiger partial charge in [-0.25, -0.2) is 12.8 Å². The number of benzene rings is 4. The summed E-state index contributed by atoms with van der Waals surface area (Å²) >= 11 is 0. The number of rotatable bonds is 13. The Balaban J connectivity index is 1.87. The van der Waals surface area contributed by atoms with Crippen molar-refractivity contribution in [3.8, 4) is 22.6 Å². The van der Waals surface area contributed by atoms with E-state index >= 15 is 4.39 Å². The monoisotopic (exact) mass is 664 g/mol. The Morgan fingerprint density at radius 2 is 1.70 bits per heavy atom. The van der Waals surface area contributed by atoms with E-state index in [4.69, 9.17) is 9.47 Å². The van der Waals surface area contributed by atoms with E-state index in [9.17, 15) is 28.4 Å². The van der Waals surface area contributed by atoms with Gasteiger partial charge in [0.25, 0.3) is 15.7 Å². The minimum atomic E-state index is -4.63. The van der Waals surface area contributed by atoms with Gasteiger partial charge in [0.1, 0.15) is 17.3 Å². The molecule has 0 saturated heterocycles. The number of aryl methyl sites for hydroxylation is 3. The van der Waals surface area contributed by atoms with E-state index in [1.165, 1.54) is 24.3 Å². The van der Waals surface area contributed by atoms with E-state index in [-0.39, 0.29) is 49.1 Å². The molecule has 0 aromatic heterocycles. The van der Waals surface area contributed by atoms with Crippen molar-refractivity contribution in [3.63, 3.8) is 0 Å². The van der Waals surface area contributed by atoms with Crippen molar-refractivity contribution >= 4 is 27.4 Å². The number of phenols is 1. The van der Waals surface area contributed by atoms with Gasteiger partial charge >= 0.3 is 5.97 Å². The number of sulfonamides is 1. The first-order valence-corrected chi connectivity index (χ1v) is 16.5. The molecule has 0 heterocycles. The summed E-state index contributed by atoms with van der Waals surface area (Å²) in [5.41, 5.74) is 2.93.